The van der Waals surface area contributed by atoms with Crippen LogP contribution < -0.4 is 15.4 Å². The molecule has 3 N–H and O–H groups in total. The van der Waals surface area contributed by atoms with Crippen LogP contribution in [0.15, 0.2) is 36.4 Å². The number of aliphatic hydroxyl groups is 1. The topological polar surface area (TPSA) is 70.6 Å². The van der Waals surface area contributed by atoms with Crippen LogP contribution >= 0.6 is 0 Å². The maximum absolute atomic E-state index is 13.6. The number of carbonyl (C=O) groups is 1. The molecule has 1 aliphatic rings. The number of methoxy groups -OCH3 is 1. The van der Waals surface area contributed by atoms with Crippen molar-refractivity contribution in [3.05, 3.63) is 64.7 Å². The normalized spacial score (nSPS) is 19.6. The molecular formula is C20H22F2N2O3. The van der Waals surface area contributed by atoms with Crippen molar-refractivity contribution in [3.63, 3.8) is 0 Å². The van der Waals surface area contributed by atoms with Crippen molar-refractivity contribution in [1.82, 2.24) is 10.6 Å². The van der Waals surface area contributed by atoms with Gasteiger partial charge in [-0.25, -0.2) is 8.78 Å². The first-order valence-corrected chi connectivity index (χ1v) is 8.75. The average molecular weight is 376 g/mol. The molecule has 0 radical (unpaired) electrons. The van der Waals surface area contributed by atoms with E-state index in [2.05, 4.69) is 10.6 Å². The number of halogens is 2. The predicted molar refractivity (Wildman–Crippen MR) is 96.0 cm³/mol. The monoisotopic (exact) mass is 376 g/mol. The minimum atomic E-state index is -0.675. The molecule has 144 valence electrons. The van der Waals surface area contributed by atoms with E-state index < -0.39 is 17.7 Å². The fourth-order valence-corrected chi connectivity index (χ4v) is 3.40. The number of benzene rings is 2. The molecule has 7 heteroatoms. The van der Waals surface area contributed by atoms with Gasteiger partial charge in [0.2, 0.25) is 5.91 Å². The number of amides is 1. The molecule has 0 aliphatic carbocycles. The highest BCUT2D eigenvalue weighted by Gasteiger charge is 2.30. The lowest BCUT2D eigenvalue weighted by Crippen LogP contribution is -2.48. The van der Waals surface area contributed by atoms with E-state index in [0.717, 1.165) is 11.6 Å². The van der Waals surface area contributed by atoms with Crippen LogP contribution in [0.5, 0.6) is 5.75 Å². The summed E-state index contributed by atoms with van der Waals surface area (Å²) >= 11 is 0. The number of hydrogen-bond donors (Lipinski definition) is 3. The van der Waals surface area contributed by atoms with Gasteiger partial charge in [-0.05, 0) is 41.8 Å². The van der Waals surface area contributed by atoms with Crippen molar-refractivity contribution in [3.8, 4) is 5.75 Å². The molecule has 2 atom stereocenters. The molecule has 1 amide bonds. The maximum atomic E-state index is 13.6. The summed E-state index contributed by atoms with van der Waals surface area (Å²) in [7, 11) is 1.54. The molecule has 2 aromatic carbocycles. The Bertz CT molecular complexity index is 809. The highest BCUT2D eigenvalue weighted by Crippen LogP contribution is 2.26. The van der Waals surface area contributed by atoms with Crippen LogP contribution in [-0.4, -0.2) is 24.2 Å². The van der Waals surface area contributed by atoms with Gasteiger partial charge in [-0.1, -0.05) is 6.07 Å². The first kappa shape index (κ1) is 19.3. The lowest BCUT2D eigenvalue weighted by molar-refractivity contribution is -0.123. The van der Waals surface area contributed by atoms with Crippen molar-refractivity contribution in [2.45, 2.75) is 38.1 Å². The Morgan fingerprint density at radius 2 is 1.96 bits per heavy atom. The van der Waals surface area contributed by atoms with Gasteiger partial charge in [-0.15, -0.1) is 0 Å². The van der Waals surface area contributed by atoms with Gasteiger partial charge in [-0.3, -0.25) is 4.79 Å². The smallest absolute Gasteiger partial charge is 0.220 e. The molecule has 2 aromatic rings. The van der Waals surface area contributed by atoms with E-state index in [1.165, 1.54) is 12.1 Å². The van der Waals surface area contributed by atoms with Crippen LogP contribution in [-0.2, 0) is 17.9 Å². The summed E-state index contributed by atoms with van der Waals surface area (Å²) in [6.07, 6.45) is 0.897. The standard InChI is InChI=1S/C20H22F2N2O3/c1-27-18-4-2-12(6-14(18)11-25)10-23-17-3-5-19(26)24-20(17)13-7-15(21)9-16(22)8-13/h2,4,6-9,17,20,23,25H,3,5,10-11H2,1H3,(H,24,26)/t17-,20+/m1/s1. The summed E-state index contributed by atoms with van der Waals surface area (Å²) in [4.78, 5) is 11.8. The van der Waals surface area contributed by atoms with Crippen LogP contribution in [0.2, 0.25) is 0 Å². The number of carbonyl (C=O) groups excluding carboxylic acids is 1. The Kier molecular flexibility index (Phi) is 6.03. The number of rotatable bonds is 6. The van der Waals surface area contributed by atoms with E-state index in [1.54, 1.807) is 13.2 Å². The third-order valence-electron chi connectivity index (χ3n) is 4.73. The summed E-state index contributed by atoms with van der Waals surface area (Å²) in [6.45, 7) is 0.341. The Morgan fingerprint density at radius 1 is 1.22 bits per heavy atom. The number of piperidine rings is 1. The number of hydrogen-bond acceptors (Lipinski definition) is 4. The fourth-order valence-electron chi connectivity index (χ4n) is 3.40. The molecular weight excluding hydrogens is 354 g/mol. The van der Waals surface area contributed by atoms with E-state index in [9.17, 15) is 18.7 Å². The Labute approximate surface area is 156 Å². The molecule has 0 unspecified atom stereocenters. The summed E-state index contributed by atoms with van der Waals surface area (Å²) in [6, 6.07) is 8.09. The Hall–Kier alpha value is -2.51. The summed E-state index contributed by atoms with van der Waals surface area (Å²) < 4.78 is 32.4. The van der Waals surface area contributed by atoms with Crippen LogP contribution in [0.3, 0.4) is 0 Å². The van der Waals surface area contributed by atoms with E-state index in [4.69, 9.17) is 4.74 Å². The zero-order valence-corrected chi connectivity index (χ0v) is 15.0. The molecule has 27 heavy (non-hydrogen) atoms. The van der Waals surface area contributed by atoms with Crippen molar-refractivity contribution in [1.29, 1.82) is 0 Å². The highest BCUT2D eigenvalue weighted by atomic mass is 19.1. The van der Waals surface area contributed by atoms with Crippen molar-refractivity contribution >= 4 is 5.91 Å². The number of ether oxygens (including phenoxy) is 1. The molecule has 5 nitrogen and oxygen atoms in total. The van der Waals surface area contributed by atoms with E-state index in [-0.39, 0.29) is 18.6 Å². The molecule has 0 aromatic heterocycles. The lowest BCUT2D eigenvalue weighted by atomic mass is 9.91. The average Bonchev–Trinajstić information content (AvgIpc) is 2.66. The molecule has 1 fully saturated rings. The molecule has 1 saturated heterocycles. The van der Waals surface area contributed by atoms with Gasteiger partial charge in [0, 0.05) is 30.6 Å². The van der Waals surface area contributed by atoms with Gasteiger partial charge in [0.05, 0.1) is 19.8 Å². The molecule has 0 spiro atoms. The quantitative estimate of drug-likeness (QED) is 0.725. The SMILES string of the molecule is COc1ccc(CN[C@@H]2CCC(=O)N[C@H]2c2cc(F)cc(F)c2)cc1CO. The molecule has 0 saturated carbocycles. The second-order valence-electron chi connectivity index (χ2n) is 6.58. The fraction of sp³-hybridized carbons (Fsp3) is 0.350. The maximum Gasteiger partial charge on any atom is 0.220 e. The summed E-state index contributed by atoms with van der Waals surface area (Å²) in [5.74, 6) is -0.883. The van der Waals surface area contributed by atoms with Gasteiger partial charge in [0.25, 0.3) is 0 Å². The minimum Gasteiger partial charge on any atom is -0.496 e. The summed E-state index contributed by atoms with van der Waals surface area (Å²) in [5.41, 5.74) is 2.00. The Morgan fingerprint density at radius 3 is 2.63 bits per heavy atom. The third-order valence-corrected chi connectivity index (χ3v) is 4.73. The second-order valence-corrected chi connectivity index (χ2v) is 6.58. The first-order valence-electron chi connectivity index (χ1n) is 8.75. The van der Waals surface area contributed by atoms with Gasteiger partial charge >= 0.3 is 0 Å². The largest absolute Gasteiger partial charge is 0.496 e. The van der Waals surface area contributed by atoms with E-state index in [1.807, 2.05) is 12.1 Å². The lowest BCUT2D eigenvalue weighted by Gasteiger charge is -2.33. The molecule has 1 aliphatic heterocycles. The van der Waals surface area contributed by atoms with Gasteiger partial charge in [0.15, 0.2) is 0 Å². The highest BCUT2D eigenvalue weighted by molar-refractivity contribution is 5.77. The van der Waals surface area contributed by atoms with Crippen molar-refractivity contribution < 1.29 is 23.4 Å². The first-order chi connectivity index (χ1) is 13.0. The van der Waals surface area contributed by atoms with Crippen LogP contribution in [0.1, 0.15) is 35.6 Å². The Balaban J connectivity index is 1.76. The summed E-state index contributed by atoms with van der Waals surface area (Å²) in [5, 5.41) is 15.6. The van der Waals surface area contributed by atoms with Crippen molar-refractivity contribution in [2.24, 2.45) is 0 Å². The van der Waals surface area contributed by atoms with Crippen LogP contribution in [0.25, 0.3) is 0 Å². The van der Waals surface area contributed by atoms with Gasteiger partial charge < -0.3 is 20.5 Å². The predicted octanol–water partition coefficient (Wildman–Crippen LogP) is 2.58. The number of nitrogens with one attached hydrogen (secondary N) is 2. The van der Waals surface area contributed by atoms with Crippen LogP contribution in [0, 0.1) is 11.6 Å². The minimum absolute atomic E-state index is 0.137. The van der Waals surface area contributed by atoms with Crippen molar-refractivity contribution in [2.75, 3.05) is 7.11 Å². The van der Waals surface area contributed by atoms with Crippen LogP contribution in [0.4, 0.5) is 8.78 Å². The third kappa shape index (κ3) is 4.61. The molecule has 1 heterocycles. The zero-order chi connectivity index (χ0) is 19.4. The number of aliphatic hydroxyl groups excluding tert-OH is 1. The second kappa shape index (κ2) is 8.45. The molecule has 3 rings (SSSR count). The van der Waals surface area contributed by atoms with E-state index in [0.29, 0.717) is 36.3 Å². The van der Waals surface area contributed by atoms with E-state index >= 15 is 0 Å². The molecule has 0 bridgehead atoms. The van der Waals surface area contributed by atoms with Gasteiger partial charge in [0.1, 0.15) is 17.4 Å². The zero-order valence-electron chi connectivity index (χ0n) is 15.0. The van der Waals surface area contributed by atoms with Gasteiger partial charge in [-0.2, -0.15) is 0 Å².